The van der Waals surface area contributed by atoms with Crippen molar-refractivity contribution in [2.24, 2.45) is 0 Å². The molecule has 6 nitrogen and oxygen atoms in total. The molecule has 280 valence electrons. The number of fused-ring (bicyclic) bond motifs is 1. The highest BCUT2D eigenvalue weighted by atomic mass is 16.2. The number of hydrogen-bond acceptors (Lipinski definition) is 4. The molecule has 1 atom stereocenters. The van der Waals surface area contributed by atoms with Gasteiger partial charge in [0.25, 0.3) is 17.7 Å². The standard InChI is InChI=1S/C49H50N2O4/c1-3-13-33(37-27-29-41-44(39(37)14-4-2)31-45(52)50(47(41)53)35-17-7-5-8-18-35)16-11-15-32-23-25-34(26-24-32)38-28-30-43-46-40(38)21-12-22-42(46)48(54)51(49(43)55)36-19-9-6-10-20-36/h3-4,11-12,14,16,21-30,33,35-36H,1,5-10,13,15,17-20,31H2,2H3/b14-4-,16-11-. The van der Waals surface area contributed by atoms with Gasteiger partial charge in [0.1, 0.15) is 0 Å². The van der Waals surface area contributed by atoms with Crippen molar-refractivity contribution in [1.82, 2.24) is 9.80 Å². The zero-order valence-corrected chi connectivity index (χ0v) is 31.9. The highest BCUT2D eigenvalue weighted by molar-refractivity contribution is 6.27. The first-order chi connectivity index (χ1) is 26.9. The lowest BCUT2D eigenvalue weighted by atomic mass is 9.82. The number of carbonyl (C=O) groups is 4. The zero-order chi connectivity index (χ0) is 38.1. The molecule has 6 heteroatoms. The Hall–Kier alpha value is -5.36. The largest absolute Gasteiger partial charge is 0.275 e. The molecule has 0 bridgehead atoms. The molecule has 2 aliphatic carbocycles. The number of rotatable bonds is 10. The Labute approximate surface area is 324 Å². The number of imide groups is 2. The van der Waals surface area contributed by atoms with Crippen molar-refractivity contribution in [2.45, 2.75) is 108 Å². The fraction of sp³-hybridized carbons (Fsp3) is 0.347. The van der Waals surface area contributed by atoms with E-state index in [1.807, 2.05) is 61.5 Å². The number of allylic oxidation sites excluding steroid dienone is 4. The summed E-state index contributed by atoms with van der Waals surface area (Å²) in [5.74, 6) is -0.527. The first-order valence-corrected chi connectivity index (χ1v) is 20.3. The normalized spacial score (nSPS) is 18.9. The summed E-state index contributed by atoms with van der Waals surface area (Å²) in [6, 6.07) is 22.3. The maximum atomic E-state index is 13.8. The van der Waals surface area contributed by atoms with E-state index in [0.717, 1.165) is 115 Å². The predicted octanol–water partition coefficient (Wildman–Crippen LogP) is 10.8. The molecule has 2 saturated carbocycles. The highest BCUT2D eigenvalue weighted by Gasteiger charge is 2.39. The molecule has 0 N–H and O–H groups in total. The van der Waals surface area contributed by atoms with Gasteiger partial charge in [-0.15, -0.1) is 6.58 Å². The van der Waals surface area contributed by atoms with Gasteiger partial charge in [0.05, 0.1) is 6.42 Å². The topological polar surface area (TPSA) is 74.8 Å². The van der Waals surface area contributed by atoms with Crippen LogP contribution < -0.4 is 0 Å². The lowest BCUT2D eigenvalue weighted by Gasteiger charge is -2.36. The quantitative estimate of drug-likeness (QED) is 0.120. The molecule has 2 fully saturated rings. The van der Waals surface area contributed by atoms with Gasteiger partial charge in [-0.2, -0.15) is 0 Å². The smallest absolute Gasteiger partial charge is 0.261 e. The van der Waals surface area contributed by atoms with Crippen molar-refractivity contribution >= 4 is 40.5 Å². The molecule has 4 aliphatic rings. The first kappa shape index (κ1) is 36.6. The van der Waals surface area contributed by atoms with Crippen LogP contribution in [0.2, 0.25) is 0 Å². The average molecular weight is 731 g/mol. The number of hydrogen-bond donors (Lipinski definition) is 0. The SMILES string of the molecule is C=CCC(/C=C\Cc1ccc(-c2ccc3c4c(cccc24)C(=O)N(C2CCCCC2)C3=O)cc1)c1ccc2c(c1/C=C\C)CC(=O)N(C1CCCCC1)C2=O. The van der Waals surface area contributed by atoms with E-state index in [4.69, 9.17) is 0 Å². The van der Waals surface area contributed by atoms with Crippen LogP contribution in [0.5, 0.6) is 0 Å². The second kappa shape index (κ2) is 15.8. The number of nitrogens with zero attached hydrogens (tertiary/aromatic N) is 2. The third kappa shape index (κ3) is 6.81. The van der Waals surface area contributed by atoms with Gasteiger partial charge in [-0.1, -0.05) is 117 Å². The molecule has 8 rings (SSSR count). The maximum Gasteiger partial charge on any atom is 0.261 e. The molecule has 4 aromatic rings. The Morgan fingerprint density at radius 1 is 0.709 bits per heavy atom. The fourth-order valence-corrected chi connectivity index (χ4v) is 9.66. The van der Waals surface area contributed by atoms with Crippen LogP contribution in [0.15, 0.2) is 97.6 Å². The van der Waals surface area contributed by atoms with E-state index in [-0.39, 0.29) is 48.1 Å². The maximum absolute atomic E-state index is 13.8. The van der Waals surface area contributed by atoms with Gasteiger partial charge in [0.15, 0.2) is 0 Å². The van der Waals surface area contributed by atoms with Crippen molar-refractivity contribution in [3.05, 3.63) is 137 Å². The third-order valence-electron chi connectivity index (χ3n) is 12.4. The van der Waals surface area contributed by atoms with Crippen LogP contribution >= 0.6 is 0 Å². The van der Waals surface area contributed by atoms with Crippen molar-refractivity contribution in [1.29, 1.82) is 0 Å². The fourth-order valence-electron chi connectivity index (χ4n) is 9.66. The summed E-state index contributed by atoms with van der Waals surface area (Å²) in [6.45, 7) is 6.02. The lowest BCUT2D eigenvalue weighted by molar-refractivity contribution is -0.130. The summed E-state index contributed by atoms with van der Waals surface area (Å²) in [5.41, 5.74) is 7.98. The minimum absolute atomic E-state index is 0.0125. The van der Waals surface area contributed by atoms with E-state index >= 15 is 0 Å². The van der Waals surface area contributed by atoms with E-state index < -0.39 is 0 Å². The number of benzene rings is 4. The molecule has 55 heavy (non-hydrogen) atoms. The molecule has 0 aromatic heterocycles. The van der Waals surface area contributed by atoms with Crippen LogP contribution in [0.4, 0.5) is 0 Å². The van der Waals surface area contributed by atoms with Crippen molar-refractivity contribution < 1.29 is 19.2 Å². The molecule has 4 amide bonds. The van der Waals surface area contributed by atoms with Gasteiger partial charge < -0.3 is 0 Å². The first-order valence-electron chi connectivity index (χ1n) is 20.3. The molecule has 2 heterocycles. The Morgan fingerprint density at radius 3 is 2.00 bits per heavy atom. The molecule has 0 saturated heterocycles. The molecular weight excluding hydrogens is 681 g/mol. The van der Waals surface area contributed by atoms with E-state index in [9.17, 15) is 19.2 Å². The summed E-state index contributed by atoms with van der Waals surface area (Å²) >= 11 is 0. The van der Waals surface area contributed by atoms with Crippen molar-refractivity contribution in [3.8, 4) is 11.1 Å². The molecular formula is C49H50N2O4. The van der Waals surface area contributed by atoms with Crippen LogP contribution in [0.3, 0.4) is 0 Å². The summed E-state index contributed by atoms with van der Waals surface area (Å²) in [4.78, 5) is 57.9. The predicted molar refractivity (Wildman–Crippen MR) is 220 cm³/mol. The van der Waals surface area contributed by atoms with Crippen molar-refractivity contribution in [3.63, 3.8) is 0 Å². The Bertz CT molecular complexity index is 2210. The van der Waals surface area contributed by atoms with Crippen molar-refractivity contribution in [2.75, 3.05) is 0 Å². The minimum Gasteiger partial charge on any atom is -0.275 e. The highest BCUT2D eigenvalue weighted by Crippen LogP contribution is 2.39. The number of amides is 4. The van der Waals surface area contributed by atoms with E-state index in [1.54, 1.807) is 4.90 Å². The molecule has 0 radical (unpaired) electrons. The van der Waals surface area contributed by atoms with Gasteiger partial charge >= 0.3 is 0 Å². The second-order valence-corrected chi connectivity index (χ2v) is 15.8. The average Bonchev–Trinajstić information content (AvgIpc) is 3.21. The van der Waals surface area contributed by atoms with E-state index in [0.29, 0.717) is 16.7 Å². The molecule has 2 aliphatic heterocycles. The van der Waals surface area contributed by atoms with Gasteiger partial charge in [0, 0.05) is 40.1 Å². The van der Waals surface area contributed by atoms with Gasteiger partial charge in [-0.25, -0.2) is 0 Å². The summed E-state index contributed by atoms with van der Waals surface area (Å²) in [5, 5.41) is 1.68. The minimum atomic E-state index is -0.166. The van der Waals surface area contributed by atoms with E-state index in [2.05, 4.69) is 49.1 Å². The van der Waals surface area contributed by atoms with Gasteiger partial charge in [-0.05, 0) is 102 Å². The summed E-state index contributed by atoms with van der Waals surface area (Å²) in [6.07, 6.45) is 22.2. The summed E-state index contributed by atoms with van der Waals surface area (Å²) < 4.78 is 0. The lowest BCUT2D eigenvalue weighted by Crippen LogP contribution is -2.49. The van der Waals surface area contributed by atoms with Crippen LogP contribution in [-0.4, -0.2) is 45.5 Å². The zero-order valence-electron chi connectivity index (χ0n) is 31.9. The Kier molecular flexibility index (Phi) is 10.5. The van der Waals surface area contributed by atoms with Crippen LogP contribution in [0, 0.1) is 0 Å². The van der Waals surface area contributed by atoms with E-state index in [1.165, 1.54) is 11.3 Å². The molecule has 0 spiro atoms. The second-order valence-electron chi connectivity index (χ2n) is 15.8. The summed E-state index contributed by atoms with van der Waals surface area (Å²) in [7, 11) is 0. The van der Waals surface area contributed by atoms with Crippen LogP contribution in [0.25, 0.3) is 28.0 Å². The van der Waals surface area contributed by atoms with Gasteiger partial charge in [-0.3, -0.25) is 29.0 Å². The van der Waals surface area contributed by atoms with Crippen LogP contribution in [0.1, 0.15) is 137 Å². The monoisotopic (exact) mass is 730 g/mol. The number of carbonyl (C=O) groups excluding carboxylic acids is 4. The van der Waals surface area contributed by atoms with Crippen LogP contribution in [-0.2, 0) is 17.6 Å². The molecule has 1 unspecified atom stereocenters. The van der Waals surface area contributed by atoms with Gasteiger partial charge in [0.2, 0.25) is 5.91 Å². The Morgan fingerprint density at radius 2 is 1.33 bits per heavy atom. The third-order valence-corrected chi connectivity index (χ3v) is 12.4. The Balaban J connectivity index is 1.02. The molecule has 4 aromatic carbocycles.